The molecule has 0 aliphatic carbocycles. The highest BCUT2D eigenvalue weighted by Gasteiger charge is 2.01. The Morgan fingerprint density at radius 1 is 1.12 bits per heavy atom. The maximum absolute atomic E-state index is 5.80. The molecule has 0 saturated heterocycles. The van der Waals surface area contributed by atoms with Crippen LogP contribution in [-0.2, 0) is 6.61 Å². The van der Waals surface area contributed by atoms with Crippen LogP contribution in [0.25, 0.3) is 0 Å². The SMILES string of the molecule is Cc1nc(Cl)cc(OCc2ccc(Cl)cc2)n1. The molecule has 1 aromatic heterocycles. The molecular formula is C12H10Cl2N2O. The number of hydrogen-bond donors (Lipinski definition) is 0. The third kappa shape index (κ3) is 3.58. The highest BCUT2D eigenvalue weighted by atomic mass is 35.5. The van der Waals surface area contributed by atoms with Crippen molar-refractivity contribution in [2.24, 2.45) is 0 Å². The molecule has 0 atom stereocenters. The van der Waals surface area contributed by atoms with Crippen LogP contribution in [0, 0.1) is 6.92 Å². The predicted molar refractivity (Wildman–Crippen MR) is 67.6 cm³/mol. The lowest BCUT2D eigenvalue weighted by atomic mass is 10.2. The van der Waals surface area contributed by atoms with Crippen LogP contribution in [0.5, 0.6) is 5.88 Å². The average Bonchev–Trinajstić information content (AvgIpc) is 2.27. The number of aryl methyl sites for hydroxylation is 1. The van der Waals surface area contributed by atoms with Gasteiger partial charge in [0.2, 0.25) is 5.88 Å². The van der Waals surface area contributed by atoms with Crippen LogP contribution >= 0.6 is 23.2 Å². The van der Waals surface area contributed by atoms with Crippen molar-refractivity contribution in [3.05, 3.63) is 51.9 Å². The first-order chi connectivity index (χ1) is 8.13. The summed E-state index contributed by atoms with van der Waals surface area (Å²) in [6, 6.07) is 9.03. The minimum Gasteiger partial charge on any atom is -0.473 e. The van der Waals surface area contributed by atoms with E-state index < -0.39 is 0 Å². The third-order valence-electron chi connectivity index (χ3n) is 2.08. The molecule has 1 aromatic carbocycles. The number of rotatable bonds is 3. The van der Waals surface area contributed by atoms with Gasteiger partial charge in [-0.3, -0.25) is 0 Å². The van der Waals surface area contributed by atoms with Gasteiger partial charge in [-0.05, 0) is 24.6 Å². The van der Waals surface area contributed by atoms with Gasteiger partial charge in [0.15, 0.2) is 0 Å². The zero-order valence-electron chi connectivity index (χ0n) is 9.15. The zero-order valence-corrected chi connectivity index (χ0v) is 10.7. The van der Waals surface area contributed by atoms with Crippen molar-refractivity contribution in [1.29, 1.82) is 0 Å². The van der Waals surface area contributed by atoms with Crippen molar-refractivity contribution in [3.63, 3.8) is 0 Å². The molecule has 0 aliphatic rings. The van der Waals surface area contributed by atoms with E-state index in [0.717, 1.165) is 5.56 Å². The number of halogens is 2. The van der Waals surface area contributed by atoms with Crippen molar-refractivity contribution >= 4 is 23.2 Å². The van der Waals surface area contributed by atoms with Crippen molar-refractivity contribution in [1.82, 2.24) is 9.97 Å². The number of hydrogen-bond acceptors (Lipinski definition) is 3. The topological polar surface area (TPSA) is 35.0 Å². The van der Waals surface area contributed by atoms with Gasteiger partial charge in [0.25, 0.3) is 0 Å². The Bertz CT molecular complexity index is 494. The van der Waals surface area contributed by atoms with Gasteiger partial charge in [0.05, 0.1) is 0 Å². The Balaban J connectivity index is 2.04. The fourth-order valence-corrected chi connectivity index (χ4v) is 1.66. The normalized spacial score (nSPS) is 10.3. The van der Waals surface area contributed by atoms with E-state index in [9.17, 15) is 0 Å². The first-order valence-electron chi connectivity index (χ1n) is 5.02. The Hall–Kier alpha value is -1.32. The van der Waals surface area contributed by atoms with Crippen molar-refractivity contribution in [2.75, 3.05) is 0 Å². The maximum Gasteiger partial charge on any atom is 0.218 e. The molecule has 0 amide bonds. The molecule has 2 rings (SSSR count). The highest BCUT2D eigenvalue weighted by Crippen LogP contribution is 2.16. The second-order valence-corrected chi connectivity index (χ2v) is 4.31. The van der Waals surface area contributed by atoms with Crippen LogP contribution in [0.2, 0.25) is 10.2 Å². The molecule has 0 bridgehead atoms. The van der Waals surface area contributed by atoms with Gasteiger partial charge in [0, 0.05) is 11.1 Å². The summed E-state index contributed by atoms with van der Waals surface area (Å²) in [5.41, 5.74) is 1.02. The minimum absolute atomic E-state index is 0.378. The van der Waals surface area contributed by atoms with Gasteiger partial charge in [-0.15, -0.1) is 0 Å². The molecule has 0 fully saturated rings. The molecule has 0 unspecified atom stereocenters. The lowest BCUT2D eigenvalue weighted by molar-refractivity contribution is 0.292. The van der Waals surface area contributed by atoms with Gasteiger partial charge in [0.1, 0.15) is 17.6 Å². The van der Waals surface area contributed by atoms with Crippen LogP contribution in [-0.4, -0.2) is 9.97 Å². The van der Waals surface area contributed by atoms with Crippen molar-refractivity contribution in [3.8, 4) is 5.88 Å². The number of ether oxygens (including phenoxy) is 1. The van der Waals surface area contributed by atoms with Crippen LogP contribution in [0.3, 0.4) is 0 Å². The summed E-state index contributed by atoms with van der Waals surface area (Å²) in [4.78, 5) is 8.08. The average molecular weight is 269 g/mol. The van der Waals surface area contributed by atoms with E-state index in [2.05, 4.69) is 9.97 Å². The fraction of sp³-hybridized carbons (Fsp3) is 0.167. The second kappa shape index (κ2) is 5.34. The van der Waals surface area contributed by atoms with Gasteiger partial charge >= 0.3 is 0 Å². The van der Waals surface area contributed by atoms with E-state index in [0.29, 0.717) is 28.5 Å². The zero-order chi connectivity index (χ0) is 12.3. The maximum atomic E-state index is 5.80. The number of benzene rings is 1. The van der Waals surface area contributed by atoms with E-state index in [-0.39, 0.29) is 0 Å². The quantitative estimate of drug-likeness (QED) is 0.797. The molecule has 88 valence electrons. The van der Waals surface area contributed by atoms with Crippen LogP contribution < -0.4 is 4.74 Å². The Morgan fingerprint density at radius 2 is 1.82 bits per heavy atom. The van der Waals surface area contributed by atoms with E-state index in [1.54, 1.807) is 13.0 Å². The Morgan fingerprint density at radius 3 is 2.47 bits per heavy atom. The van der Waals surface area contributed by atoms with Gasteiger partial charge in [-0.2, -0.15) is 4.98 Å². The minimum atomic E-state index is 0.378. The van der Waals surface area contributed by atoms with E-state index in [4.69, 9.17) is 27.9 Å². The Labute approximate surface area is 109 Å². The molecule has 2 aromatic rings. The summed E-state index contributed by atoms with van der Waals surface area (Å²) in [5, 5.41) is 1.08. The molecule has 0 radical (unpaired) electrons. The molecule has 1 heterocycles. The van der Waals surface area contributed by atoms with Gasteiger partial charge < -0.3 is 4.74 Å². The second-order valence-electron chi connectivity index (χ2n) is 3.49. The molecule has 0 aliphatic heterocycles. The van der Waals surface area contributed by atoms with Gasteiger partial charge in [-0.1, -0.05) is 35.3 Å². The molecule has 0 spiro atoms. The smallest absolute Gasteiger partial charge is 0.218 e. The highest BCUT2D eigenvalue weighted by molar-refractivity contribution is 6.30. The third-order valence-corrected chi connectivity index (χ3v) is 2.53. The molecular weight excluding hydrogens is 259 g/mol. The number of aromatic nitrogens is 2. The molecule has 0 N–H and O–H groups in total. The van der Waals surface area contributed by atoms with Crippen LogP contribution in [0.4, 0.5) is 0 Å². The predicted octanol–water partition coefficient (Wildman–Crippen LogP) is 3.67. The largest absolute Gasteiger partial charge is 0.473 e. The summed E-state index contributed by atoms with van der Waals surface area (Å²) >= 11 is 11.6. The first kappa shape index (κ1) is 12.1. The van der Waals surface area contributed by atoms with Crippen molar-refractivity contribution in [2.45, 2.75) is 13.5 Å². The Kier molecular flexibility index (Phi) is 3.82. The molecule has 3 nitrogen and oxygen atoms in total. The summed E-state index contributed by atoms with van der Waals surface area (Å²) in [6.07, 6.45) is 0. The summed E-state index contributed by atoms with van der Waals surface area (Å²) in [6.45, 7) is 2.19. The van der Waals surface area contributed by atoms with E-state index >= 15 is 0 Å². The van der Waals surface area contributed by atoms with Crippen molar-refractivity contribution < 1.29 is 4.74 Å². The van der Waals surface area contributed by atoms with E-state index in [1.165, 1.54) is 0 Å². The fourth-order valence-electron chi connectivity index (χ4n) is 1.32. The lowest BCUT2D eigenvalue weighted by Gasteiger charge is -2.06. The summed E-state index contributed by atoms with van der Waals surface area (Å²) in [7, 11) is 0. The molecule has 0 saturated carbocycles. The summed E-state index contributed by atoms with van der Waals surface area (Å²) < 4.78 is 5.51. The monoisotopic (exact) mass is 268 g/mol. The summed E-state index contributed by atoms with van der Waals surface area (Å²) in [5.74, 6) is 1.06. The standard InChI is InChI=1S/C12H10Cl2N2O/c1-8-15-11(14)6-12(16-8)17-7-9-2-4-10(13)5-3-9/h2-6H,7H2,1H3. The van der Waals surface area contributed by atoms with Crippen LogP contribution in [0.15, 0.2) is 30.3 Å². The van der Waals surface area contributed by atoms with Gasteiger partial charge in [-0.25, -0.2) is 4.98 Å². The molecule has 17 heavy (non-hydrogen) atoms. The van der Waals surface area contributed by atoms with Crippen LogP contribution in [0.1, 0.15) is 11.4 Å². The van der Waals surface area contributed by atoms with E-state index in [1.807, 2.05) is 24.3 Å². The molecule has 5 heteroatoms. The number of nitrogens with zero attached hydrogens (tertiary/aromatic N) is 2. The first-order valence-corrected chi connectivity index (χ1v) is 5.77. The lowest BCUT2D eigenvalue weighted by Crippen LogP contribution is -1.99.